The minimum Gasteiger partial charge on any atom is -0.506 e. The molecule has 0 fully saturated rings. The monoisotopic (exact) mass is 309 g/mol. The molecule has 2 aromatic rings. The Morgan fingerprint density at radius 1 is 1.24 bits per heavy atom. The maximum absolute atomic E-state index is 9.86. The average Bonchev–Trinajstić information content (AvgIpc) is 2.79. The lowest BCUT2D eigenvalue weighted by molar-refractivity contribution is 0.466. The summed E-state index contributed by atoms with van der Waals surface area (Å²) in [4.78, 5) is 0.966. The molecule has 0 amide bonds. The highest BCUT2D eigenvalue weighted by Gasteiger charge is 2.17. The van der Waals surface area contributed by atoms with Gasteiger partial charge in [-0.15, -0.1) is 23.7 Å². The minimum absolute atomic E-state index is 0. The highest BCUT2D eigenvalue weighted by Crippen LogP contribution is 2.38. The van der Waals surface area contributed by atoms with Gasteiger partial charge in [-0.2, -0.15) is 0 Å². The van der Waals surface area contributed by atoms with Crippen LogP contribution < -0.4 is 5.73 Å². The number of aromatic hydroxyl groups is 1. The molecule has 2 nitrogen and oxygen atoms in total. The number of phenols is 1. The van der Waals surface area contributed by atoms with Crippen molar-refractivity contribution in [2.45, 2.75) is 6.04 Å². The number of phenolic OH excluding ortho intramolecular Hbond substituents is 1. The molecule has 0 aliphatic rings. The van der Waals surface area contributed by atoms with Crippen molar-refractivity contribution in [1.29, 1.82) is 0 Å². The van der Waals surface area contributed by atoms with Crippen molar-refractivity contribution in [3.05, 3.63) is 50.1 Å². The Morgan fingerprint density at radius 3 is 2.53 bits per heavy atom. The molecule has 1 aromatic heterocycles. The molecular formula is C11H10Cl3NOS. The second-order valence-electron chi connectivity index (χ2n) is 3.29. The molecule has 17 heavy (non-hydrogen) atoms. The first-order chi connectivity index (χ1) is 7.61. The molecule has 92 valence electrons. The van der Waals surface area contributed by atoms with E-state index in [2.05, 4.69) is 0 Å². The van der Waals surface area contributed by atoms with Crippen molar-refractivity contribution in [1.82, 2.24) is 0 Å². The molecule has 0 saturated carbocycles. The van der Waals surface area contributed by atoms with Crippen LogP contribution >= 0.6 is 46.9 Å². The fraction of sp³-hybridized carbons (Fsp3) is 0.0909. The zero-order valence-electron chi connectivity index (χ0n) is 8.56. The van der Waals surface area contributed by atoms with E-state index < -0.39 is 0 Å². The Labute approximate surface area is 119 Å². The second kappa shape index (κ2) is 5.94. The molecule has 2 rings (SSSR count). The van der Waals surface area contributed by atoms with Crippen LogP contribution in [0, 0.1) is 0 Å². The molecule has 6 heteroatoms. The largest absolute Gasteiger partial charge is 0.506 e. The molecule has 1 atom stereocenters. The fourth-order valence-corrected chi connectivity index (χ4v) is 2.50. The van der Waals surface area contributed by atoms with E-state index in [9.17, 15) is 5.11 Å². The van der Waals surface area contributed by atoms with Crippen molar-refractivity contribution in [3.63, 3.8) is 0 Å². The summed E-state index contributed by atoms with van der Waals surface area (Å²) >= 11 is 13.2. The van der Waals surface area contributed by atoms with E-state index in [1.54, 1.807) is 12.1 Å². The zero-order valence-corrected chi connectivity index (χ0v) is 11.7. The van der Waals surface area contributed by atoms with Crippen molar-refractivity contribution >= 4 is 46.9 Å². The third-order valence-electron chi connectivity index (χ3n) is 2.29. The average molecular weight is 311 g/mol. The number of nitrogens with two attached hydrogens (primary N) is 1. The molecule has 0 saturated heterocycles. The van der Waals surface area contributed by atoms with Crippen LogP contribution in [0.5, 0.6) is 5.75 Å². The summed E-state index contributed by atoms with van der Waals surface area (Å²) in [5, 5.41) is 12.3. The Bertz CT molecular complexity index is 502. The van der Waals surface area contributed by atoms with Crippen LogP contribution in [0.1, 0.15) is 16.5 Å². The van der Waals surface area contributed by atoms with Gasteiger partial charge in [-0.3, -0.25) is 0 Å². The number of thiophene rings is 1. The van der Waals surface area contributed by atoms with Gasteiger partial charge in [-0.25, -0.2) is 0 Å². The molecule has 0 unspecified atom stereocenters. The maximum atomic E-state index is 9.86. The lowest BCUT2D eigenvalue weighted by Gasteiger charge is -2.13. The van der Waals surface area contributed by atoms with Crippen LogP contribution in [0.25, 0.3) is 0 Å². The van der Waals surface area contributed by atoms with E-state index in [4.69, 9.17) is 28.9 Å². The van der Waals surface area contributed by atoms with Crippen LogP contribution in [0.2, 0.25) is 10.0 Å². The Kier molecular flexibility index (Phi) is 5.10. The van der Waals surface area contributed by atoms with Gasteiger partial charge < -0.3 is 10.8 Å². The quantitative estimate of drug-likeness (QED) is 0.872. The molecule has 0 aliphatic carbocycles. The summed E-state index contributed by atoms with van der Waals surface area (Å²) in [7, 11) is 0. The normalized spacial score (nSPS) is 11.9. The lowest BCUT2D eigenvalue weighted by atomic mass is 10.1. The smallest absolute Gasteiger partial charge is 0.140 e. The van der Waals surface area contributed by atoms with E-state index in [1.807, 2.05) is 17.5 Å². The van der Waals surface area contributed by atoms with Gasteiger partial charge in [0.1, 0.15) is 10.8 Å². The van der Waals surface area contributed by atoms with Gasteiger partial charge in [0.25, 0.3) is 0 Å². The molecule has 1 aromatic carbocycles. The molecule has 3 N–H and O–H groups in total. The SMILES string of the molecule is Cl.N[C@@H](c1cccs1)c1ccc(Cl)c(Cl)c1O. The van der Waals surface area contributed by atoms with Gasteiger partial charge in [0, 0.05) is 10.4 Å². The standard InChI is InChI=1S/C11H9Cl2NOS.ClH/c12-7-4-3-6(11(15)9(7)13)10(14)8-2-1-5-16-8;/h1-5,10,15H,14H2;1H/t10-;/m1./s1. The van der Waals surface area contributed by atoms with Gasteiger partial charge in [0.15, 0.2) is 0 Å². The molecule has 1 heterocycles. The van der Waals surface area contributed by atoms with Gasteiger partial charge in [0.05, 0.1) is 11.1 Å². The Hall–Kier alpha value is -0.450. The summed E-state index contributed by atoms with van der Waals surface area (Å²) in [6, 6.07) is 6.77. The molecule has 0 radical (unpaired) electrons. The molecule has 0 aliphatic heterocycles. The maximum Gasteiger partial charge on any atom is 0.140 e. The molecular weight excluding hydrogens is 301 g/mol. The van der Waals surface area contributed by atoms with E-state index in [-0.39, 0.29) is 29.2 Å². The summed E-state index contributed by atoms with van der Waals surface area (Å²) in [5.74, 6) is -0.0462. The first-order valence-corrected chi connectivity index (χ1v) is 6.20. The van der Waals surface area contributed by atoms with Gasteiger partial charge in [0.2, 0.25) is 0 Å². The van der Waals surface area contributed by atoms with Crippen LogP contribution in [0.4, 0.5) is 0 Å². The number of halogens is 3. The number of hydrogen-bond acceptors (Lipinski definition) is 3. The molecule has 0 bridgehead atoms. The fourth-order valence-electron chi connectivity index (χ4n) is 1.43. The summed E-state index contributed by atoms with van der Waals surface area (Å²) in [6.45, 7) is 0. The predicted molar refractivity (Wildman–Crippen MR) is 75.7 cm³/mol. The number of benzene rings is 1. The number of rotatable bonds is 2. The van der Waals surface area contributed by atoms with E-state index in [0.717, 1.165) is 4.88 Å². The molecule has 0 spiro atoms. The summed E-state index contributed by atoms with van der Waals surface area (Å²) in [6.07, 6.45) is 0. The third-order valence-corrected chi connectivity index (χ3v) is 4.03. The van der Waals surface area contributed by atoms with E-state index in [0.29, 0.717) is 10.6 Å². The zero-order chi connectivity index (χ0) is 11.7. The van der Waals surface area contributed by atoms with Crippen molar-refractivity contribution in [2.24, 2.45) is 5.73 Å². The highest BCUT2D eigenvalue weighted by atomic mass is 35.5. The first kappa shape index (κ1) is 14.6. The van der Waals surface area contributed by atoms with Gasteiger partial charge in [-0.1, -0.05) is 35.3 Å². The van der Waals surface area contributed by atoms with Crippen molar-refractivity contribution in [2.75, 3.05) is 0 Å². The van der Waals surface area contributed by atoms with Gasteiger partial charge >= 0.3 is 0 Å². The van der Waals surface area contributed by atoms with Crippen LogP contribution in [-0.4, -0.2) is 5.11 Å². The predicted octanol–water partition coefficient (Wildman–Crippen LogP) is 4.23. The Balaban J connectivity index is 0.00000144. The first-order valence-electron chi connectivity index (χ1n) is 4.57. The minimum atomic E-state index is -0.380. The summed E-state index contributed by atoms with van der Waals surface area (Å²) in [5.41, 5.74) is 6.61. The topological polar surface area (TPSA) is 46.2 Å². The van der Waals surface area contributed by atoms with Crippen LogP contribution in [0.3, 0.4) is 0 Å². The van der Waals surface area contributed by atoms with Gasteiger partial charge in [-0.05, 0) is 17.5 Å². The summed E-state index contributed by atoms with van der Waals surface area (Å²) < 4.78 is 0. The van der Waals surface area contributed by atoms with Crippen molar-refractivity contribution in [3.8, 4) is 5.75 Å². The highest BCUT2D eigenvalue weighted by molar-refractivity contribution is 7.10. The van der Waals surface area contributed by atoms with Crippen LogP contribution in [-0.2, 0) is 0 Å². The van der Waals surface area contributed by atoms with Crippen LogP contribution in [0.15, 0.2) is 29.6 Å². The second-order valence-corrected chi connectivity index (χ2v) is 5.06. The number of hydrogen-bond donors (Lipinski definition) is 2. The Morgan fingerprint density at radius 2 is 1.94 bits per heavy atom. The lowest BCUT2D eigenvalue weighted by Crippen LogP contribution is -2.10. The third kappa shape index (κ3) is 2.87. The van der Waals surface area contributed by atoms with E-state index >= 15 is 0 Å². The van der Waals surface area contributed by atoms with E-state index in [1.165, 1.54) is 11.3 Å². The van der Waals surface area contributed by atoms with Crippen molar-refractivity contribution < 1.29 is 5.11 Å².